The summed E-state index contributed by atoms with van der Waals surface area (Å²) in [5.41, 5.74) is 2.29. The summed E-state index contributed by atoms with van der Waals surface area (Å²) in [6.45, 7) is 15.7. The van der Waals surface area contributed by atoms with Crippen LogP contribution in [-0.4, -0.2) is 8.07 Å². The molecule has 12 heavy (non-hydrogen) atoms. The first-order valence-corrected chi connectivity index (χ1v) is 7.82. The second-order valence-electron chi connectivity index (χ2n) is 4.36. The first-order chi connectivity index (χ1) is 5.48. The Bertz CT molecular complexity index is 143. The molecular formula is C11H24Si. The first kappa shape index (κ1) is 12.0. The minimum Gasteiger partial charge on any atom is -0.100 e. The van der Waals surface area contributed by atoms with E-state index in [1.807, 2.05) is 0 Å². The van der Waals surface area contributed by atoms with Crippen molar-refractivity contribution in [1.29, 1.82) is 0 Å². The molecule has 0 aromatic carbocycles. The Labute approximate surface area is 79.1 Å². The normalized spacial score (nSPS) is 12.2. The smallest absolute Gasteiger partial charge is 0.0596 e. The number of hydrogen-bond donors (Lipinski definition) is 0. The molecule has 0 saturated heterocycles. The van der Waals surface area contributed by atoms with Crippen LogP contribution in [0.5, 0.6) is 0 Å². The molecule has 0 atom stereocenters. The minimum absolute atomic E-state index is 0.907. The van der Waals surface area contributed by atoms with Crippen molar-refractivity contribution in [1.82, 2.24) is 0 Å². The Kier molecular flexibility index (Phi) is 4.84. The van der Waals surface area contributed by atoms with E-state index in [0.29, 0.717) is 0 Å². The Morgan fingerprint density at radius 3 is 1.75 bits per heavy atom. The fraction of sp³-hybridized carbons (Fsp3) is 0.818. The van der Waals surface area contributed by atoms with E-state index in [9.17, 15) is 0 Å². The van der Waals surface area contributed by atoms with Gasteiger partial charge in [-0.3, -0.25) is 0 Å². The first-order valence-electron chi connectivity index (χ1n) is 5.13. The average molecular weight is 184 g/mol. The molecule has 0 nitrogen and oxygen atoms in total. The zero-order chi connectivity index (χ0) is 9.78. The quantitative estimate of drug-likeness (QED) is 0.437. The maximum atomic E-state index is 4.05. The van der Waals surface area contributed by atoms with Gasteiger partial charge >= 0.3 is 0 Å². The van der Waals surface area contributed by atoms with E-state index >= 15 is 0 Å². The third-order valence-corrected chi connectivity index (χ3v) is 9.86. The molecule has 0 aromatic heterocycles. The standard InChI is InChI=1S/C11H24Si/c1-7-12(8-2,11(5)6)9-10(3)4/h11H,3,7-9H2,1-2,4-6H3. The van der Waals surface area contributed by atoms with Crippen LogP contribution in [0.3, 0.4) is 0 Å². The van der Waals surface area contributed by atoms with Crippen molar-refractivity contribution >= 4 is 8.07 Å². The van der Waals surface area contributed by atoms with Crippen molar-refractivity contribution in [2.75, 3.05) is 0 Å². The summed E-state index contributed by atoms with van der Waals surface area (Å²) < 4.78 is 0. The molecule has 0 saturated carbocycles. The summed E-state index contributed by atoms with van der Waals surface area (Å²) in [7, 11) is -0.983. The molecule has 0 rings (SSSR count). The van der Waals surface area contributed by atoms with Gasteiger partial charge in [-0.1, -0.05) is 50.9 Å². The van der Waals surface area contributed by atoms with Crippen LogP contribution in [0.25, 0.3) is 0 Å². The Morgan fingerprint density at radius 2 is 1.67 bits per heavy atom. The van der Waals surface area contributed by atoms with Gasteiger partial charge in [0.1, 0.15) is 0 Å². The summed E-state index contributed by atoms with van der Waals surface area (Å²) in [5.74, 6) is 0. The molecule has 0 radical (unpaired) electrons. The second kappa shape index (κ2) is 4.86. The molecule has 72 valence electrons. The van der Waals surface area contributed by atoms with Gasteiger partial charge in [0.25, 0.3) is 0 Å². The van der Waals surface area contributed by atoms with Crippen molar-refractivity contribution < 1.29 is 0 Å². The zero-order valence-electron chi connectivity index (χ0n) is 9.41. The van der Waals surface area contributed by atoms with Gasteiger partial charge in [0.05, 0.1) is 8.07 Å². The lowest BCUT2D eigenvalue weighted by atomic mass is 10.4. The predicted molar refractivity (Wildman–Crippen MR) is 61.4 cm³/mol. The fourth-order valence-electron chi connectivity index (χ4n) is 2.12. The Balaban J connectivity index is 4.46. The van der Waals surface area contributed by atoms with E-state index < -0.39 is 8.07 Å². The molecule has 1 heteroatoms. The van der Waals surface area contributed by atoms with Gasteiger partial charge in [-0.2, -0.15) is 0 Å². The van der Waals surface area contributed by atoms with Crippen LogP contribution in [0.1, 0.15) is 34.6 Å². The molecule has 0 aliphatic heterocycles. The van der Waals surface area contributed by atoms with Crippen LogP contribution < -0.4 is 0 Å². The van der Waals surface area contributed by atoms with Crippen LogP contribution in [0.4, 0.5) is 0 Å². The molecule has 0 unspecified atom stereocenters. The van der Waals surface area contributed by atoms with Gasteiger partial charge < -0.3 is 0 Å². The summed E-state index contributed by atoms with van der Waals surface area (Å²) in [5, 5.41) is 0. The van der Waals surface area contributed by atoms with E-state index in [1.165, 1.54) is 23.7 Å². The molecule has 0 bridgehead atoms. The van der Waals surface area contributed by atoms with Gasteiger partial charge in [-0.15, -0.1) is 6.58 Å². The molecular weight excluding hydrogens is 160 g/mol. The molecule has 0 heterocycles. The molecule has 0 spiro atoms. The number of rotatable bonds is 5. The molecule has 0 aromatic rings. The van der Waals surface area contributed by atoms with Crippen molar-refractivity contribution in [3.8, 4) is 0 Å². The van der Waals surface area contributed by atoms with Gasteiger partial charge in [0, 0.05) is 0 Å². The molecule has 0 aliphatic rings. The van der Waals surface area contributed by atoms with Crippen LogP contribution in [0, 0.1) is 0 Å². The summed E-state index contributed by atoms with van der Waals surface area (Å²) in [6, 6.07) is 4.15. The van der Waals surface area contributed by atoms with Gasteiger partial charge in [0.2, 0.25) is 0 Å². The van der Waals surface area contributed by atoms with E-state index in [0.717, 1.165) is 5.54 Å². The van der Waals surface area contributed by atoms with Gasteiger partial charge in [-0.25, -0.2) is 0 Å². The third kappa shape index (κ3) is 2.78. The highest BCUT2D eigenvalue weighted by atomic mass is 28.3. The minimum atomic E-state index is -0.983. The number of hydrogen-bond acceptors (Lipinski definition) is 0. The van der Waals surface area contributed by atoms with Crippen molar-refractivity contribution in [3.05, 3.63) is 12.2 Å². The van der Waals surface area contributed by atoms with Crippen LogP contribution >= 0.6 is 0 Å². The molecule has 0 fully saturated rings. The van der Waals surface area contributed by atoms with Crippen molar-refractivity contribution in [2.45, 2.75) is 58.3 Å². The topological polar surface area (TPSA) is 0 Å². The SMILES string of the molecule is C=C(C)C[Si](CC)(CC)C(C)C. The Hall–Kier alpha value is -0.0431. The lowest BCUT2D eigenvalue weighted by Gasteiger charge is -2.34. The van der Waals surface area contributed by atoms with Crippen LogP contribution in [-0.2, 0) is 0 Å². The van der Waals surface area contributed by atoms with Crippen LogP contribution in [0.2, 0.25) is 23.7 Å². The fourth-order valence-corrected chi connectivity index (χ4v) is 6.36. The maximum Gasteiger partial charge on any atom is 0.0596 e. The summed E-state index contributed by atoms with van der Waals surface area (Å²) >= 11 is 0. The van der Waals surface area contributed by atoms with Crippen LogP contribution in [0.15, 0.2) is 12.2 Å². The van der Waals surface area contributed by atoms with E-state index in [2.05, 4.69) is 41.2 Å². The third-order valence-electron chi connectivity index (χ3n) is 3.29. The van der Waals surface area contributed by atoms with E-state index in [-0.39, 0.29) is 0 Å². The highest BCUT2D eigenvalue weighted by molar-refractivity contribution is 6.81. The Morgan fingerprint density at radius 1 is 1.25 bits per heavy atom. The highest BCUT2D eigenvalue weighted by Crippen LogP contribution is 2.34. The largest absolute Gasteiger partial charge is 0.100 e. The number of allylic oxidation sites excluding steroid dienone is 1. The molecule has 0 N–H and O–H groups in total. The van der Waals surface area contributed by atoms with Crippen molar-refractivity contribution in [2.24, 2.45) is 0 Å². The maximum absolute atomic E-state index is 4.05. The predicted octanol–water partition coefficient (Wildman–Crippen LogP) is 4.46. The van der Waals surface area contributed by atoms with E-state index in [1.54, 1.807) is 0 Å². The molecule has 0 aliphatic carbocycles. The van der Waals surface area contributed by atoms with Gasteiger partial charge in [-0.05, 0) is 13.0 Å². The van der Waals surface area contributed by atoms with Gasteiger partial charge in [0.15, 0.2) is 0 Å². The van der Waals surface area contributed by atoms with E-state index in [4.69, 9.17) is 0 Å². The summed E-state index contributed by atoms with van der Waals surface area (Å²) in [4.78, 5) is 0. The summed E-state index contributed by atoms with van der Waals surface area (Å²) in [6.07, 6.45) is 0. The molecule has 0 amide bonds. The lowest BCUT2D eigenvalue weighted by Crippen LogP contribution is -2.35. The lowest BCUT2D eigenvalue weighted by molar-refractivity contribution is 0.945. The monoisotopic (exact) mass is 184 g/mol. The van der Waals surface area contributed by atoms with Crippen molar-refractivity contribution in [3.63, 3.8) is 0 Å². The zero-order valence-corrected chi connectivity index (χ0v) is 10.4. The highest BCUT2D eigenvalue weighted by Gasteiger charge is 2.31. The second-order valence-corrected chi connectivity index (χ2v) is 10.0. The average Bonchev–Trinajstić information content (AvgIpc) is 1.99.